The number of carboxylic acids is 1. The number of amidine groups is 1. The number of anilines is 1. The van der Waals surface area contributed by atoms with Crippen molar-refractivity contribution in [2.45, 2.75) is 21.4 Å². The topological polar surface area (TPSA) is 234 Å². The van der Waals surface area contributed by atoms with Crippen LogP contribution in [0.15, 0.2) is 25.3 Å². The van der Waals surface area contributed by atoms with Crippen LogP contribution in [-0.4, -0.2) is 75.6 Å². The van der Waals surface area contributed by atoms with E-state index in [0.29, 0.717) is 20.6 Å². The van der Waals surface area contributed by atoms with Crippen LogP contribution in [0.2, 0.25) is 0 Å². The summed E-state index contributed by atoms with van der Waals surface area (Å²) >= 11 is 5.61. The van der Waals surface area contributed by atoms with Gasteiger partial charge in [-0.05, 0) is 11.5 Å². The van der Waals surface area contributed by atoms with E-state index >= 15 is 0 Å². The molecule has 184 valence electrons. The number of nitrogens with zero attached hydrogens (tertiary/aromatic N) is 5. The molecule has 4 rings (SSSR count). The molecule has 0 aromatic carbocycles. The Balaban J connectivity index is 1.51. The zero-order valence-corrected chi connectivity index (χ0v) is 21.3. The average molecular weight is 574 g/mol. The van der Waals surface area contributed by atoms with Crippen molar-refractivity contribution < 1.29 is 24.7 Å². The number of hydrogen-bond donors (Lipinski definition) is 6. The lowest BCUT2D eigenvalue weighted by atomic mass is 10.0. The van der Waals surface area contributed by atoms with Gasteiger partial charge in [0.1, 0.15) is 27.0 Å². The highest BCUT2D eigenvalue weighted by Crippen LogP contribution is 2.46. The van der Waals surface area contributed by atoms with Gasteiger partial charge in [0.05, 0.1) is 5.69 Å². The number of nitrogen functional groups attached to an aromatic ring is 1. The van der Waals surface area contributed by atoms with E-state index in [1.807, 2.05) is 0 Å². The highest BCUT2D eigenvalue weighted by molar-refractivity contribution is 8.13. The number of thiazole rings is 1. The smallest absolute Gasteiger partial charge is 0.353 e. The summed E-state index contributed by atoms with van der Waals surface area (Å²) in [5, 5.41) is 36.8. The Morgan fingerprint density at radius 2 is 2.20 bits per heavy atom. The molecule has 2 aliphatic heterocycles. The highest BCUT2D eigenvalue weighted by atomic mass is 32.2. The van der Waals surface area contributed by atoms with Gasteiger partial charge in [-0.15, -0.1) is 28.2 Å². The maximum absolute atomic E-state index is 12.9. The minimum Gasteiger partial charge on any atom is -0.477 e. The van der Waals surface area contributed by atoms with Crippen molar-refractivity contribution in [2.75, 3.05) is 11.5 Å². The fourth-order valence-electron chi connectivity index (χ4n) is 3.11. The van der Waals surface area contributed by atoms with E-state index in [9.17, 15) is 24.7 Å². The van der Waals surface area contributed by atoms with Gasteiger partial charge in [-0.3, -0.25) is 19.9 Å². The minimum absolute atomic E-state index is 0.0501. The normalized spacial score (nSPS) is 19.8. The van der Waals surface area contributed by atoms with Gasteiger partial charge in [0.2, 0.25) is 0 Å². The van der Waals surface area contributed by atoms with Crippen LogP contribution in [0, 0.1) is 5.41 Å². The van der Waals surface area contributed by atoms with E-state index in [1.54, 1.807) is 0 Å². The maximum Gasteiger partial charge on any atom is 0.353 e. The van der Waals surface area contributed by atoms with Gasteiger partial charge in [-0.1, -0.05) is 33.2 Å². The number of nitrogens with one attached hydrogen (secondary N) is 2. The molecule has 0 bridgehead atoms. The number of aromatic nitrogens is 3. The third-order valence-corrected chi connectivity index (χ3v) is 9.51. The predicted molar refractivity (Wildman–Crippen MR) is 134 cm³/mol. The summed E-state index contributed by atoms with van der Waals surface area (Å²) in [4.78, 5) is 43.0. The van der Waals surface area contributed by atoms with Crippen molar-refractivity contribution >= 4 is 91.9 Å². The first kappa shape index (κ1) is 25.2. The second kappa shape index (κ2) is 10.4. The Bertz CT molecular complexity index is 1270. The van der Waals surface area contributed by atoms with Crippen LogP contribution in [0.3, 0.4) is 0 Å². The second-order valence-electron chi connectivity index (χ2n) is 6.72. The van der Waals surface area contributed by atoms with Crippen LogP contribution >= 0.6 is 58.2 Å². The summed E-state index contributed by atoms with van der Waals surface area (Å²) in [5.74, 6) is -2.19. The van der Waals surface area contributed by atoms with Crippen LogP contribution in [0.25, 0.3) is 0 Å². The van der Waals surface area contributed by atoms with Crippen molar-refractivity contribution in [2.24, 2.45) is 10.9 Å². The third-order valence-electron chi connectivity index (χ3n) is 4.60. The second-order valence-corrected chi connectivity index (χ2v) is 11.8. The Labute approximate surface area is 217 Å². The number of carbonyl (C=O) groups excluding carboxylic acids is 2. The molecule has 0 unspecified atom stereocenters. The Morgan fingerprint density at radius 3 is 2.83 bits per heavy atom. The summed E-state index contributed by atoms with van der Waals surface area (Å²) in [6, 6.07) is -1.02. The first-order valence-corrected chi connectivity index (χ1v) is 13.8. The standard InChI is InChI=1S/C16H15N9O5S5/c17-15(18)32-2-5-14(35-24-22-5)34-6-3-31-12-8(11(27)25(12)9(6)13(28)29)21-10(26)7(23-30)4-1-33-16(19)20-4/h1,8,12,30H,2-3H2,(H3,17,18)(H2,19,20)(H,21,26)(H,28,29)/b23-7-/t8-,12-/m1/s1. The van der Waals surface area contributed by atoms with Crippen molar-refractivity contribution in [1.29, 1.82) is 5.41 Å². The van der Waals surface area contributed by atoms with Crippen molar-refractivity contribution in [3.63, 3.8) is 0 Å². The number of hydrogen-bond acceptors (Lipinski definition) is 15. The first-order chi connectivity index (χ1) is 16.7. The number of carbonyl (C=O) groups is 3. The van der Waals surface area contributed by atoms with E-state index in [4.69, 9.17) is 16.9 Å². The Morgan fingerprint density at radius 1 is 1.43 bits per heavy atom. The molecule has 0 spiro atoms. The molecule has 0 saturated carbocycles. The summed E-state index contributed by atoms with van der Waals surface area (Å²) in [6.07, 6.45) is 0. The number of fused-ring (bicyclic) bond motifs is 1. The molecule has 0 aliphatic carbocycles. The van der Waals surface area contributed by atoms with Crippen LogP contribution in [-0.2, 0) is 20.1 Å². The number of rotatable bonds is 8. The van der Waals surface area contributed by atoms with Crippen molar-refractivity contribution in [3.05, 3.63) is 27.4 Å². The van der Waals surface area contributed by atoms with E-state index in [0.717, 1.165) is 51.3 Å². The number of aliphatic carboxylic acids is 1. The lowest BCUT2D eigenvalue weighted by molar-refractivity contribution is -0.150. The van der Waals surface area contributed by atoms with Gasteiger partial charge in [0.25, 0.3) is 11.8 Å². The van der Waals surface area contributed by atoms with Crippen molar-refractivity contribution in [1.82, 2.24) is 24.8 Å². The SMILES string of the molecule is N=C(N)SCc1nnsc1SC1=C(C(=O)O)N2C(=O)[C@@H](NC(=O)/C(=N\O)c3csc(N)n3)[C@H]2SC1. The predicted octanol–water partition coefficient (Wildman–Crippen LogP) is 0.370. The largest absolute Gasteiger partial charge is 0.477 e. The summed E-state index contributed by atoms with van der Waals surface area (Å²) in [7, 11) is 0. The van der Waals surface area contributed by atoms with Crippen LogP contribution in [0.4, 0.5) is 5.13 Å². The molecule has 35 heavy (non-hydrogen) atoms. The average Bonchev–Trinajstić information content (AvgIpc) is 3.44. The molecule has 2 aliphatic rings. The van der Waals surface area contributed by atoms with E-state index in [1.165, 1.54) is 17.1 Å². The molecule has 1 saturated heterocycles. The van der Waals surface area contributed by atoms with E-state index in [2.05, 4.69) is 25.0 Å². The molecule has 0 radical (unpaired) electrons. The van der Waals surface area contributed by atoms with E-state index in [-0.39, 0.29) is 27.4 Å². The number of thioether (sulfide) groups is 3. The highest BCUT2D eigenvalue weighted by Gasteiger charge is 2.54. The zero-order valence-electron chi connectivity index (χ0n) is 17.2. The molecule has 2 aromatic heterocycles. The number of nitrogens with two attached hydrogens (primary N) is 2. The lowest BCUT2D eigenvalue weighted by Crippen LogP contribution is -2.71. The van der Waals surface area contributed by atoms with Crippen LogP contribution < -0.4 is 16.8 Å². The molecule has 1 fully saturated rings. The van der Waals surface area contributed by atoms with Crippen LogP contribution in [0.1, 0.15) is 11.4 Å². The van der Waals surface area contributed by atoms with Gasteiger partial charge in [0, 0.05) is 21.8 Å². The molecule has 4 heterocycles. The summed E-state index contributed by atoms with van der Waals surface area (Å²) in [5.41, 5.74) is 10.9. The van der Waals surface area contributed by atoms with Crippen LogP contribution in [0.5, 0.6) is 0 Å². The quantitative estimate of drug-likeness (QED) is 0.0824. The number of oxime groups is 1. The number of carboxylic acid groups (broad SMARTS) is 1. The monoisotopic (exact) mass is 573 g/mol. The molecular weight excluding hydrogens is 559 g/mol. The Kier molecular flexibility index (Phi) is 7.50. The lowest BCUT2D eigenvalue weighted by Gasteiger charge is -2.49. The molecule has 14 nitrogen and oxygen atoms in total. The van der Waals surface area contributed by atoms with Gasteiger partial charge in [-0.25, -0.2) is 9.78 Å². The molecule has 2 aromatic rings. The summed E-state index contributed by atoms with van der Waals surface area (Å²) < 4.78 is 4.53. The fraction of sp³-hybridized carbons (Fsp3) is 0.250. The fourth-order valence-corrected chi connectivity index (χ4v) is 7.69. The van der Waals surface area contributed by atoms with E-state index < -0.39 is 34.9 Å². The molecule has 8 N–H and O–H groups in total. The maximum atomic E-state index is 12.9. The molecule has 2 atom stereocenters. The van der Waals surface area contributed by atoms with Gasteiger partial charge in [-0.2, -0.15) is 0 Å². The Hall–Kier alpha value is -2.87. The first-order valence-electron chi connectivity index (χ1n) is 9.32. The van der Waals surface area contributed by atoms with Crippen molar-refractivity contribution in [3.8, 4) is 0 Å². The van der Waals surface area contributed by atoms with Gasteiger partial charge < -0.3 is 27.1 Å². The molecular formula is C16H15N9O5S5. The van der Waals surface area contributed by atoms with Gasteiger partial charge >= 0.3 is 5.97 Å². The summed E-state index contributed by atoms with van der Waals surface area (Å²) in [6.45, 7) is 0. The van der Waals surface area contributed by atoms with Gasteiger partial charge in [0.15, 0.2) is 16.0 Å². The molecule has 2 amide bonds. The zero-order chi connectivity index (χ0) is 25.3. The minimum atomic E-state index is -1.29. The number of β-lactam (4-membered cyclic amide) rings is 1. The third kappa shape index (κ3) is 5.08. The molecule has 19 heteroatoms. The number of amides is 2.